The second-order valence-corrected chi connectivity index (χ2v) is 13.9. The molecule has 0 radical (unpaired) electrons. The number of nitriles is 1. The van der Waals surface area contributed by atoms with E-state index >= 15 is 0 Å². The number of nitrogens with zero attached hydrogens (tertiary/aromatic N) is 2. The lowest BCUT2D eigenvalue weighted by Crippen LogP contribution is -2.27. The summed E-state index contributed by atoms with van der Waals surface area (Å²) in [7, 11) is 0. The second kappa shape index (κ2) is 12.4. The molecule has 3 heterocycles. The van der Waals surface area contributed by atoms with Crippen molar-refractivity contribution >= 4 is 70.3 Å². The lowest BCUT2D eigenvalue weighted by Gasteiger charge is -2.24. The number of hydrogen-bond acceptors (Lipinski definition) is 5. The number of rotatable bonds is 6. The molecule has 2 aromatic heterocycles. The van der Waals surface area contributed by atoms with Crippen molar-refractivity contribution in [3.63, 3.8) is 0 Å². The molecule has 0 saturated heterocycles. The van der Waals surface area contributed by atoms with Crippen molar-refractivity contribution < 1.29 is 4.74 Å². The van der Waals surface area contributed by atoms with Crippen molar-refractivity contribution in [2.75, 3.05) is 11.1 Å². The highest BCUT2D eigenvalue weighted by atomic mass is 32.1. The Kier molecular flexibility index (Phi) is 7.42. The molecule has 1 aliphatic rings. The molecule has 6 heteroatoms. The summed E-state index contributed by atoms with van der Waals surface area (Å²) in [6.45, 7) is 5.09. The summed E-state index contributed by atoms with van der Waals surface area (Å²) in [6, 6.07) is 45.8. The maximum atomic E-state index is 9.27. The first-order valence-corrected chi connectivity index (χ1v) is 17.7. The van der Waals surface area contributed by atoms with Crippen molar-refractivity contribution in [1.82, 2.24) is 4.57 Å². The highest BCUT2D eigenvalue weighted by Crippen LogP contribution is 2.42. The van der Waals surface area contributed by atoms with Gasteiger partial charge in [-0.25, -0.2) is 0 Å². The number of para-hydroxylation sites is 2. The van der Waals surface area contributed by atoms with Crippen molar-refractivity contribution in [1.29, 1.82) is 5.26 Å². The molecule has 8 aromatic rings. The van der Waals surface area contributed by atoms with E-state index < -0.39 is 0 Å². The van der Waals surface area contributed by atoms with Crippen LogP contribution in [0.2, 0.25) is 0 Å². The van der Waals surface area contributed by atoms with Gasteiger partial charge in [-0.1, -0.05) is 85.4 Å². The Morgan fingerprint density at radius 1 is 0.784 bits per heavy atom. The lowest BCUT2D eigenvalue weighted by atomic mass is 9.98. The smallest absolute Gasteiger partial charge is 0.134 e. The van der Waals surface area contributed by atoms with Gasteiger partial charge in [0, 0.05) is 44.0 Å². The zero-order valence-corrected chi connectivity index (χ0v) is 28.5. The molecule has 0 amide bonds. The van der Waals surface area contributed by atoms with E-state index in [-0.39, 0.29) is 6.04 Å². The van der Waals surface area contributed by atoms with Crippen molar-refractivity contribution in [3.8, 4) is 22.9 Å². The molecule has 3 N–H and O–H groups in total. The molecule has 1 aliphatic heterocycles. The third kappa shape index (κ3) is 5.41. The summed E-state index contributed by atoms with van der Waals surface area (Å²) in [5, 5.41) is 19.9. The molecule has 5 nitrogen and oxygen atoms in total. The van der Waals surface area contributed by atoms with Gasteiger partial charge in [0.25, 0.3) is 0 Å². The quantitative estimate of drug-likeness (QED) is 0.184. The van der Waals surface area contributed by atoms with Crippen molar-refractivity contribution in [2.24, 2.45) is 0 Å². The minimum atomic E-state index is -0.203. The third-order valence-corrected chi connectivity index (χ3v) is 10.9. The number of nitrogens with two attached hydrogens (primary N) is 1. The number of ether oxygens (including phenoxy) is 1. The molecule has 51 heavy (non-hydrogen) atoms. The number of nitrogens with one attached hydrogen (secondary N) is 1. The van der Waals surface area contributed by atoms with Crippen molar-refractivity contribution in [3.05, 3.63) is 169 Å². The van der Waals surface area contributed by atoms with Crippen LogP contribution in [0.15, 0.2) is 158 Å². The molecular weight excluding hydrogens is 645 g/mol. The van der Waals surface area contributed by atoms with E-state index in [0.717, 1.165) is 48.7 Å². The maximum absolute atomic E-state index is 9.27. The van der Waals surface area contributed by atoms with Gasteiger partial charge in [-0.3, -0.25) is 0 Å². The Morgan fingerprint density at radius 2 is 1.53 bits per heavy atom. The number of nitrogen functional groups attached to an aromatic ring is 1. The van der Waals surface area contributed by atoms with Crippen LogP contribution in [0, 0.1) is 11.3 Å². The van der Waals surface area contributed by atoms with Crippen LogP contribution in [0.1, 0.15) is 11.1 Å². The van der Waals surface area contributed by atoms with Crippen LogP contribution >= 0.6 is 11.3 Å². The first-order valence-electron chi connectivity index (χ1n) is 16.9. The Hall–Kier alpha value is -6.55. The Bertz CT molecular complexity index is 2780. The largest absolute Gasteiger partial charge is 0.464 e. The zero-order valence-electron chi connectivity index (χ0n) is 27.6. The van der Waals surface area contributed by atoms with Crippen LogP contribution in [-0.2, 0) is 6.54 Å². The minimum Gasteiger partial charge on any atom is -0.464 e. The van der Waals surface area contributed by atoms with Gasteiger partial charge < -0.3 is 20.4 Å². The topological polar surface area (TPSA) is 76.0 Å². The number of fused-ring (bicyclic) bond motifs is 6. The van der Waals surface area contributed by atoms with E-state index in [4.69, 9.17) is 10.5 Å². The van der Waals surface area contributed by atoms with E-state index in [1.807, 2.05) is 54.6 Å². The van der Waals surface area contributed by atoms with E-state index in [0.29, 0.717) is 17.8 Å². The van der Waals surface area contributed by atoms with Gasteiger partial charge >= 0.3 is 0 Å². The van der Waals surface area contributed by atoms with E-state index in [9.17, 15) is 5.26 Å². The van der Waals surface area contributed by atoms with Gasteiger partial charge in [0.05, 0.1) is 29.6 Å². The molecule has 0 bridgehead atoms. The number of hydrogen-bond donors (Lipinski definition) is 2. The molecule has 1 atom stereocenters. The predicted octanol–water partition coefficient (Wildman–Crippen LogP) is 11.3. The highest BCUT2D eigenvalue weighted by Gasteiger charge is 2.22. The molecule has 244 valence electrons. The Labute approximate surface area is 299 Å². The summed E-state index contributed by atoms with van der Waals surface area (Å²) in [4.78, 5) is 0. The van der Waals surface area contributed by atoms with Crippen LogP contribution in [0.4, 0.5) is 10.7 Å². The van der Waals surface area contributed by atoms with Gasteiger partial charge in [-0.05, 0) is 93.7 Å². The van der Waals surface area contributed by atoms with E-state index in [1.54, 1.807) is 17.6 Å². The average Bonchev–Trinajstić information content (AvgIpc) is 3.64. The summed E-state index contributed by atoms with van der Waals surface area (Å²) < 4.78 is 9.66. The van der Waals surface area contributed by atoms with Crippen LogP contribution in [0.25, 0.3) is 59.4 Å². The number of benzene rings is 6. The molecule has 9 rings (SSSR count). The number of allylic oxidation sites excluding steroid dienone is 2. The monoisotopic (exact) mass is 676 g/mol. The summed E-state index contributed by atoms with van der Waals surface area (Å²) in [5.74, 6) is 0.777. The second-order valence-electron chi connectivity index (χ2n) is 12.9. The standard InChI is InChI=1S/C45H32N4OS/c1-28-22-34(20-21-50-42-13-7-5-10-35(28)42)39(27-49-40-12-6-4-11-36(40)37-23-31-8-2-3-9-32(31)25-41(37)49)48-45-44(47)38-24-33(18-19-43(38)51-45)30-16-14-29(26-46)15-17-30/h2-25,39,48H,1,27,47H2/b21-20-,34-22+. The minimum absolute atomic E-state index is 0.203. The Morgan fingerprint density at radius 3 is 2.37 bits per heavy atom. The molecular formula is C45H32N4OS. The van der Waals surface area contributed by atoms with E-state index in [1.165, 1.54) is 32.6 Å². The van der Waals surface area contributed by atoms with E-state index in [2.05, 4.69) is 107 Å². The zero-order chi connectivity index (χ0) is 34.5. The molecule has 0 spiro atoms. The van der Waals surface area contributed by atoms with Gasteiger partial charge in [-0.2, -0.15) is 5.26 Å². The van der Waals surface area contributed by atoms with Crippen LogP contribution in [0.5, 0.6) is 5.75 Å². The number of aromatic nitrogens is 1. The summed E-state index contributed by atoms with van der Waals surface area (Å²) >= 11 is 1.65. The Balaban J connectivity index is 1.18. The molecule has 1 unspecified atom stereocenters. The lowest BCUT2D eigenvalue weighted by molar-refractivity contribution is 0.478. The SMILES string of the molecule is C=C1/C=C(C(Cn2c3ccccc3c3cc4ccccc4cc32)Nc2sc3ccc(-c4ccc(C#N)cc4)cc3c2N)\C=C/Oc2ccccc21. The van der Waals surface area contributed by atoms with Crippen molar-refractivity contribution in [2.45, 2.75) is 12.6 Å². The van der Waals surface area contributed by atoms with Gasteiger partial charge in [0.15, 0.2) is 0 Å². The average molecular weight is 677 g/mol. The molecule has 0 saturated carbocycles. The maximum Gasteiger partial charge on any atom is 0.134 e. The molecule has 6 aromatic carbocycles. The first-order chi connectivity index (χ1) is 25.0. The fourth-order valence-corrected chi connectivity index (χ4v) is 8.27. The number of thiophene rings is 1. The normalized spacial score (nSPS) is 15.0. The van der Waals surface area contributed by atoms with Gasteiger partial charge in [0.2, 0.25) is 0 Å². The summed E-state index contributed by atoms with van der Waals surface area (Å²) in [6.07, 6.45) is 5.96. The number of anilines is 2. The van der Waals surface area contributed by atoms with Gasteiger partial charge in [0.1, 0.15) is 10.8 Å². The van der Waals surface area contributed by atoms with Gasteiger partial charge in [-0.15, -0.1) is 11.3 Å². The first kappa shape index (κ1) is 30.5. The highest BCUT2D eigenvalue weighted by molar-refractivity contribution is 7.23. The van der Waals surface area contributed by atoms with Crippen LogP contribution < -0.4 is 15.8 Å². The van der Waals surface area contributed by atoms with Crippen LogP contribution in [0.3, 0.4) is 0 Å². The molecule has 0 aliphatic carbocycles. The predicted molar refractivity (Wildman–Crippen MR) is 214 cm³/mol. The fourth-order valence-electron chi connectivity index (χ4n) is 7.21. The fraction of sp³-hybridized carbons (Fsp3) is 0.0444. The van der Waals surface area contributed by atoms with Crippen LogP contribution in [-0.4, -0.2) is 10.6 Å². The summed E-state index contributed by atoms with van der Waals surface area (Å²) in [5.41, 5.74) is 15.6. The third-order valence-electron chi connectivity index (χ3n) is 9.82. The molecule has 0 fully saturated rings.